The molecule has 1 aromatic carbocycles. The fraction of sp³-hybridized carbons (Fsp3) is 0.267. The second-order valence-corrected chi connectivity index (χ2v) is 6.97. The van der Waals surface area contributed by atoms with Gasteiger partial charge in [0.1, 0.15) is 11.6 Å². The average molecular weight is 309 g/mol. The Balaban J connectivity index is 2.32. The maximum atomic E-state index is 13.1. The van der Waals surface area contributed by atoms with E-state index in [0.717, 1.165) is 17.8 Å². The highest BCUT2D eigenvalue weighted by atomic mass is 32.2. The molecule has 0 unspecified atom stereocenters. The Morgan fingerprint density at radius 1 is 1.24 bits per heavy atom. The summed E-state index contributed by atoms with van der Waals surface area (Å²) in [6.07, 6.45) is 0. The van der Waals surface area contributed by atoms with Crippen LogP contribution >= 0.6 is 0 Å². The monoisotopic (exact) mass is 309 g/mol. The molecule has 2 rings (SSSR count). The van der Waals surface area contributed by atoms with Crippen molar-refractivity contribution < 1.29 is 17.6 Å². The Hall–Kier alpha value is -1.95. The number of aromatic nitrogens is 1. The van der Waals surface area contributed by atoms with Gasteiger partial charge in [-0.15, -0.1) is 0 Å². The van der Waals surface area contributed by atoms with Crippen molar-refractivity contribution in [2.75, 3.05) is 5.75 Å². The number of rotatable bonds is 4. The molecule has 0 atom stereocenters. The van der Waals surface area contributed by atoms with Crippen molar-refractivity contribution in [2.24, 2.45) is 7.05 Å². The van der Waals surface area contributed by atoms with Gasteiger partial charge in [0.15, 0.2) is 15.6 Å². The molecule has 2 aromatic rings. The van der Waals surface area contributed by atoms with E-state index in [1.165, 1.54) is 12.1 Å². The van der Waals surface area contributed by atoms with E-state index in [-0.39, 0.29) is 4.90 Å². The van der Waals surface area contributed by atoms with Gasteiger partial charge in [-0.3, -0.25) is 4.79 Å². The van der Waals surface area contributed by atoms with E-state index in [1.807, 2.05) is 18.5 Å². The standard InChI is InChI=1S/C15H16FNO3S/c1-10-7-14(11(2)17(10)3)15(18)9-21(19,20)13-6-4-5-12(16)8-13/h4-8H,9H2,1-3H3. The fourth-order valence-corrected chi connectivity index (χ4v) is 3.38. The number of Topliss-reactive ketones (excluding diaryl/α,β-unsaturated/α-hetero) is 1. The molecule has 0 aliphatic rings. The van der Waals surface area contributed by atoms with Crippen LogP contribution in [0.3, 0.4) is 0 Å². The van der Waals surface area contributed by atoms with E-state index in [9.17, 15) is 17.6 Å². The molecule has 0 radical (unpaired) electrons. The van der Waals surface area contributed by atoms with Crippen LogP contribution in [0.1, 0.15) is 21.7 Å². The quantitative estimate of drug-likeness (QED) is 0.815. The number of nitrogens with zero attached hydrogens (tertiary/aromatic N) is 1. The Labute approximate surface area is 123 Å². The number of carbonyl (C=O) groups is 1. The molecule has 21 heavy (non-hydrogen) atoms. The maximum absolute atomic E-state index is 13.1. The second-order valence-electron chi connectivity index (χ2n) is 4.98. The number of halogens is 1. The Bertz CT molecular complexity index is 806. The molecule has 1 heterocycles. The lowest BCUT2D eigenvalue weighted by Crippen LogP contribution is -2.17. The molecule has 0 N–H and O–H groups in total. The molecule has 6 heteroatoms. The Morgan fingerprint density at radius 2 is 1.90 bits per heavy atom. The zero-order valence-electron chi connectivity index (χ0n) is 12.1. The Morgan fingerprint density at radius 3 is 2.43 bits per heavy atom. The summed E-state index contributed by atoms with van der Waals surface area (Å²) in [5.74, 6) is -1.79. The lowest BCUT2D eigenvalue weighted by atomic mass is 10.2. The van der Waals surface area contributed by atoms with Gasteiger partial charge in [-0.25, -0.2) is 12.8 Å². The van der Waals surface area contributed by atoms with Gasteiger partial charge in [-0.05, 0) is 38.1 Å². The third kappa shape index (κ3) is 3.05. The summed E-state index contributed by atoms with van der Waals surface area (Å²) in [5.41, 5.74) is 1.97. The number of carbonyl (C=O) groups excluding carboxylic acids is 1. The first-order valence-corrected chi connectivity index (χ1v) is 8.02. The second kappa shape index (κ2) is 5.44. The van der Waals surface area contributed by atoms with Gasteiger partial charge >= 0.3 is 0 Å². The highest BCUT2D eigenvalue weighted by Gasteiger charge is 2.23. The topological polar surface area (TPSA) is 56.1 Å². The number of benzene rings is 1. The van der Waals surface area contributed by atoms with Gasteiger partial charge in [0.2, 0.25) is 0 Å². The Kier molecular flexibility index (Phi) is 4.00. The highest BCUT2D eigenvalue weighted by molar-refractivity contribution is 7.92. The molecule has 0 spiro atoms. The van der Waals surface area contributed by atoms with Gasteiger partial charge in [-0.1, -0.05) is 6.07 Å². The number of hydrogen-bond donors (Lipinski definition) is 0. The minimum Gasteiger partial charge on any atom is -0.351 e. The molecular weight excluding hydrogens is 293 g/mol. The van der Waals surface area contributed by atoms with E-state index >= 15 is 0 Å². The predicted octanol–water partition coefficient (Wildman–Crippen LogP) is 2.44. The molecule has 4 nitrogen and oxygen atoms in total. The van der Waals surface area contributed by atoms with Crippen molar-refractivity contribution in [1.82, 2.24) is 4.57 Å². The van der Waals surface area contributed by atoms with Crippen LogP contribution in [0.25, 0.3) is 0 Å². The smallest absolute Gasteiger partial charge is 0.185 e. The van der Waals surface area contributed by atoms with Crippen LogP contribution in [0.2, 0.25) is 0 Å². The summed E-state index contributed by atoms with van der Waals surface area (Å²) in [5, 5.41) is 0. The highest BCUT2D eigenvalue weighted by Crippen LogP contribution is 2.18. The minimum absolute atomic E-state index is 0.179. The molecule has 0 saturated carbocycles. The molecular formula is C15H16FNO3S. The lowest BCUT2D eigenvalue weighted by Gasteiger charge is -2.05. The number of aryl methyl sites for hydroxylation is 1. The maximum Gasteiger partial charge on any atom is 0.185 e. The van der Waals surface area contributed by atoms with Crippen LogP contribution in [0.5, 0.6) is 0 Å². The third-order valence-corrected chi connectivity index (χ3v) is 5.17. The molecule has 0 saturated heterocycles. The van der Waals surface area contributed by atoms with E-state index in [1.54, 1.807) is 13.0 Å². The average Bonchev–Trinajstić information content (AvgIpc) is 2.66. The summed E-state index contributed by atoms with van der Waals surface area (Å²) in [7, 11) is -2.04. The third-order valence-electron chi connectivity index (χ3n) is 3.55. The van der Waals surface area contributed by atoms with Crippen molar-refractivity contribution in [3.63, 3.8) is 0 Å². The van der Waals surface area contributed by atoms with E-state index in [0.29, 0.717) is 11.3 Å². The largest absolute Gasteiger partial charge is 0.351 e. The summed E-state index contributed by atoms with van der Waals surface area (Å²) in [6, 6.07) is 6.34. The lowest BCUT2D eigenvalue weighted by molar-refractivity contribution is 0.102. The van der Waals surface area contributed by atoms with E-state index < -0.39 is 27.2 Å². The first-order valence-electron chi connectivity index (χ1n) is 6.37. The molecule has 0 aliphatic carbocycles. The normalized spacial score (nSPS) is 11.6. The summed E-state index contributed by atoms with van der Waals surface area (Å²) in [6.45, 7) is 3.60. The van der Waals surface area contributed by atoms with Gasteiger partial charge in [0.25, 0.3) is 0 Å². The molecule has 0 amide bonds. The van der Waals surface area contributed by atoms with Crippen LogP contribution in [0, 0.1) is 19.7 Å². The van der Waals surface area contributed by atoms with Crippen molar-refractivity contribution in [3.05, 3.63) is 53.1 Å². The van der Waals surface area contributed by atoms with Gasteiger partial charge in [-0.2, -0.15) is 0 Å². The zero-order valence-corrected chi connectivity index (χ0v) is 12.9. The van der Waals surface area contributed by atoms with Crippen LogP contribution in [-0.2, 0) is 16.9 Å². The fourth-order valence-electron chi connectivity index (χ4n) is 2.13. The van der Waals surface area contributed by atoms with E-state index in [4.69, 9.17) is 0 Å². The van der Waals surface area contributed by atoms with Crippen LogP contribution in [0.15, 0.2) is 35.2 Å². The number of ketones is 1. The molecule has 0 fully saturated rings. The van der Waals surface area contributed by atoms with Gasteiger partial charge < -0.3 is 4.57 Å². The van der Waals surface area contributed by atoms with Crippen molar-refractivity contribution >= 4 is 15.6 Å². The molecule has 0 bridgehead atoms. The number of sulfone groups is 1. The first-order chi connectivity index (χ1) is 9.72. The van der Waals surface area contributed by atoms with Crippen molar-refractivity contribution in [2.45, 2.75) is 18.7 Å². The van der Waals surface area contributed by atoms with Crippen LogP contribution in [0.4, 0.5) is 4.39 Å². The van der Waals surface area contributed by atoms with Gasteiger partial charge in [0.05, 0.1) is 4.90 Å². The summed E-state index contributed by atoms with van der Waals surface area (Å²) < 4.78 is 39.3. The van der Waals surface area contributed by atoms with Crippen LogP contribution in [-0.4, -0.2) is 24.5 Å². The molecule has 112 valence electrons. The van der Waals surface area contributed by atoms with Crippen molar-refractivity contribution in [3.8, 4) is 0 Å². The van der Waals surface area contributed by atoms with Crippen LogP contribution < -0.4 is 0 Å². The first kappa shape index (κ1) is 15.4. The molecule has 1 aromatic heterocycles. The van der Waals surface area contributed by atoms with Gasteiger partial charge in [0, 0.05) is 24.0 Å². The van der Waals surface area contributed by atoms with E-state index in [2.05, 4.69) is 0 Å². The predicted molar refractivity (Wildman–Crippen MR) is 77.7 cm³/mol. The minimum atomic E-state index is -3.85. The number of hydrogen-bond acceptors (Lipinski definition) is 3. The summed E-state index contributed by atoms with van der Waals surface area (Å²) >= 11 is 0. The summed E-state index contributed by atoms with van der Waals surface area (Å²) in [4.78, 5) is 12.0. The van der Waals surface area contributed by atoms with Crippen molar-refractivity contribution in [1.29, 1.82) is 0 Å². The zero-order chi connectivity index (χ0) is 15.8. The molecule has 0 aliphatic heterocycles. The SMILES string of the molecule is Cc1cc(C(=O)CS(=O)(=O)c2cccc(F)c2)c(C)n1C.